The molecular weight excluding hydrogens is 275 g/mol. The second-order valence-electron chi connectivity index (χ2n) is 4.23. The summed E-state index contributed by atoms with van der Waals surface area (Å²) in [5.41, 5.74) is -0.774. The Hall–Kier alpha value is -1.34. The first-order valence-electron chi connectivity index (χ1n) is 6.22. The fraction of sp³-hybridized carbons (Fsp3) is 0.600. The van der Waals surface area contributed by atoms with Crippen molar-refractivity contribution in [1.82, 2.24) is 9.55 Å². The molecule has 1 aliphatic heterocycles. The lowest BCUT2D eigenvalue weighted by Crippen LogP contribution is -2.33. The molecule has 0 aliphatic carbocycles. The summed E-state index contributed by atoms with van der Waals surface area (Å²) in [7, 11) is -2.81. The Labute approximate surface area is 110 Å². The Morgan fingerprint density at radius 1 is 1.68 bits per heavy atom. The van der Waals surface area contributed by atoms with Crippen molar-refractivity contribution in [2.45, 2.75) is 38.7 Å². The zero-order valence-corrected chi connectivity index (χ0v) is 11.0. The summed E-state index contributed by atoms with van der Waals surface area (Å²) < 4.78 is 29.5. The van der Waals surface area contributed by atoms with Crippen LogP contribution in [0.5, 0.6) is 0 Å². The van der Waals surface area contributed by atoms with E-state index in [4.69, 9.17) is 15.5 Å². The summed E-state index contributed by atoms with van der Waals surface area (Å²) in [6, 6.07) is 0. The van der Waals surface area contributed by atoms with E-state index in [1.807, 2.05) is 0 Å². The fourth-order valence-electron chi connectivity index (χ4n) is 1.90. The number of ether oxygens (including phenoxy) is 1. The summed E-state index contributed by atoms with van der Waals surface area (Å²) in [4.78, 5) is 34.0. The van der Waals surface area contributed by atoms with Gasteiger partial charge in [-0.2, -0.15) is 0 Å². The van der Waals surface area contributed by atoms with Gasteiger partial charge in [-0.25, -0.2) is 4.79 Å². The van der Waals surface area contributed by atoms with Gasteiger partial charge in [-0.15, -0.1) is 9.42 Å². The van der Waals surface area contributed by atoms with Crippen molar-refractivity contribution in [3.63, 3.8) is 0 Å². The molecule has 9 heteroatoms. The molecule has 1 unspecified atom stereocenters. The molecule has 8 nitrogen and oxygen atoms in total. The maximum atomic E-state index is 11.7. The van der Waals surface area contributed by atoms with Crippen LogP contribution >= 0.6 is 8.25 Å². The van der Waals surface area contributed by atoms with Crippen molar-refractivity contribution in [3.05, 3.63) is 32.6 Å². The first-order chi connectivity index (χ1) is 9.42. The SMILES string of the molecule is [2H]C[C@H]1O[C@@H](n2cc(C)c(=O)[nH]c2=O)C[C@H]1O[P+](=O)O. The molecule has 1 saturated heterocycles. The van der Waals surface area contributed by atoms with E-state index < -0.39 is 37.9 Å². The van der Waals surface area contributed by atoms with Gasteiger partial charge in [0.15, 0.2) is 0 Å². The highest BCUT2D eigenvalue weighted by atomic mass is 31.1. The van der Waals surface area contributed by atoms with E-state index in [0.29, 0.717) is 5.56 Å². The number of aryl methyl sites for hydroxylation is 1. The maximum Gasteiger partial charge on any atom is 0.695 e. The van der Waals surface area contributed by atoms with Gasteiger partial charge in [0.2, 0.25) is 0 Å². The molecule has 19 heavy (non-hydrogen) atoms. The Balaban J connectivity index is 2.27. The second-order valence-corrected chi connectivity index (χ2v) is 4.91. The Bertz CT molecular complexity index is 629. The molecule has 104 valence electrons. The van der Waals surface area contributed by atoms with Crippen LogP contribution in [0.2, 0.25) is 0 Å². The van der Waals surface area contributed by atoms with E-state index in [1.54, 1.807) is 6.92 Å². The number of hydrogen-bond acceptors (Lipinski definition) is 5. The number of aromatic nitrogens is 2. The van der Waals surface area contributed by atoms with Crippen LogP contribution in [0, 0.1) is 6.92 Å². The molecule has 0 amide bonds. The van der Waals surface area contributed by atoms with Gasteiger partial charge < -0.3 is 4.74 Å². The predicted molar refractivity (Wildman–Crippen MR) is 65.0 cm³/mol. The molecular formula is C10H14N2O6P+. The van der Waals surface area contributed by atoms with Crippen LogP contribution in [0.3, 0.4) is 0 Å². The molecule has 0 spiro atoms. The van der Waals surface area contributed by atoms with E-state index in [1.165, 1.54) is 10.8 Å². The monoisotopic (exact) mass is 290 g/mol. The van der Waals surface area contributed by atoms with Crippen LogP contribution in [0.1, 0.15) is 26.5 Å². The molecule has 0 radical (unpaired) electrons. The van der Waals surface area contributed by atoms with Crippen LogP contribution < -0.4 is 11.2 Å². The number of aromatic amines is 1. The Morgan fingerprint density at radius 2 is 2.42 bits per heavy atom. The normalized spacial score (nSPS) is 28.2. The van der Waals surface area contributed by atoms with E-state index in [-0.39, 0.29) is 13.3 Å². The first kappa shape index (κ1) is 12.7. The average molecular weight is 290 g/mol. The van der Waals surface area contributed by atoms with Gasteiger partial charge in [0, 0.05) is 24.1 Å². The van der Waals surface area contributed by atoms with Crippen molar-refractivity contribution in [1.29, 1.82) is 0 Å². The Kier molecular flexibility index (Phi) is 3.56. The van der Waals surface area contributed by atoms with Gasteiger partial charge in [-0.1, -0.05) is 0 Å². The summed E-state index contributed by atoms with van der Waals surface area (Å²) in [6.45, 7) is 1.38. The zero-order chi connectivity index (χ0) is 14.9. The van der Waals surface area contributed by atoms with Crippen LogP contribution in [-0.4, -0.2) is 26.7 Å². The third kappa shape index (κ3) is 2.98. The van der Waals surface area contributed by atoms with Gasteiger partial charge in [-0.3, -0.25) is 14.3 Å². The number of hydrogen-bond donors (Lipinski definition) is 2. The molecule has 4 atom stereocenters. The average Bonchev–Trinajstić information content (AvgIpc) is 2.75. The van der Waals surface area contributed by atoms with Gasteiger partial charge in [-0.05, 0) is 13.8 Å². The van der Waals surface area contributed by atoms with Crippen molar-refractivity contribution < 1.29 is 20.1 Å². The lowest BCUT2D eigenvalue weighted by atomic mass is 10.2. The minimum atomic E-state index is -2.81. The number of rotatable bonds is 3. The molecule has 2 rings (SSSR count). The minimum Gasteiger partial charge on any atom is -0.352 e. The maximum absolute atomic E-state index is 11.7. The molecule has 1 aromatic rings. The van der Waals surface area contributed by atoms with Crippen LogP contribution in [-0.2, 0) is 13.8 Å². The van der Waals surface area contributed by atoms with E-state index >= 15 is 0 Å². The summed E-state index contributed by atoms with van der Waals surface area (Å²) >= 11 is 0. The summed E-state index contributed by atoms with van der Waals surface area (Å²) in [5, 5.41) is 0. The molecule has 2 N–H and O–H groups in total. The lowest BCUT2D eigenvalue weighted by molar-refractivity contribution is -0.00697. The van der Waals surface area contributed by atoms with Crippen molar-refractivity contribution in [3.8, 4) is 0 Å². The summed E-state index contributed by atoms with van der Waals surface area (Å²) in [6.07, 6.45) is -0.686. The molecule has 1 aromatic heterocycles. The van der Waals surface area contributed by atoms with Crippen LogP contribution in [0.15, 0.2) is 15.8 Å². The van der Waals surface area contributed by atoms with Gasteiger partial charge in [0.25, 0.3) is 5.56 Å². The summed E-state index contributed by atoms with van der Waals surface area (Å²) in [5.74, 6) is 0. The molecule has 1 aliphatic rings. The molecule has 1 fully saturated rings. The first-order valence-corrected chi connectivity index (χ1v) is 6.65. The highest BCUT2D eigenvalue weighted by Gasteiger charge is 2.40. The third-order valence-corrected chi connectivity index (χ3v) is 3.31. The number of H-pyrrole nitrogens is 1. The van der Waals surface area contributed by atoms with E-state index in [0.717, 1.165) is 0 Å². The molecule has 0 bridgehead atoms. The standard InChI is InChI=1S/C10H13N2O6P/c1-5-4-12(10(14)11-9(5)13)8-3-7(6(2)17-8)18-19(15)16/h4,6-8H,3H2,1-2H3,(H-,11,13,14,15,16)/p+1/t6-,7-,8-/m1/s1/i2D. The predicted octanol–water partition coefficient (Wildman–Crippen LogP) is 0.187. The second kappa shape index (κ2) is 5.34. The molecule has 2 heterocycles. The smallest absolute Gasteiger partial charge is 0.352 e. The van der Waals surface area contributed by atoms with Crippen molar-refractivity contribution >= 4 is 8.25 Å². The number of nitrogens with one attached hydrogen (secondary N) is 1. The lowest BCUT2D eigenvalue weighted by Gasteiger charge is -2.13. The van der Waals surface area contributed by atoms with E-state index in [2.05, 4.69) is 4.98 Å². The van der Waals surface area contributed by atoms with Gasteiger partial charge in [0.1, 0.15) is 12.3 Å². The Morgan fingerprint density at radius 3 is 3.05 bits per heavy atom. The minimum absolute atomic E-state index is 0.149. The van der Waals surface area contributed by atoms with Gasteiger partial charge >= 0.3 is 13.9 Å². The van der Waals surface area contributed by atoms with Gasteiger partial charge in [0.05, 0.1) is 6.10 Å². The topological polar surface area (TPSA) is 111 Å². The largest absolute Gasteiger partial charge is 0.695 e. The van der Waals surface area contributed by atoms with E-state index in [9.17, 15) is 14.2 Å². The molecule has 0 aromatic carbocycles. The highest BCUT2D eigenvalue weighted by Crippen LogP contribution is 2.34. The van der Waals surface area contributed by atoms with Crippen LogP contribution in [0.4, 0.5) is 0 Å². The van der Waals surface area contributed by atoms with Crippen molar-refractivity contribution in [2.75, 3.05) is 0 Å². The third-order valence-electron chi connectivity index (χ3n) is 2.86. The number of nitrogens with zero attached hydrogens (tertiary/aromatic N) is 1. The fourth-order valence-corrected chi connectivity index (χ4v) is 2.35. The highest BCUT2D eigenvalue weighted by molar-refractivity contribution is 7.32. The zero-order valence-electron chi connectivity index (χ0n) is 11.1. The van der Waals surface area contributed by atoms with Crippen molar-refractivity contribution in [2.24, 2.45) is 0 Å². The quantitative estimate of drug-likeness (QED) is 0.769. The van der Waals surface area contributed by atoms with Crippen LogP contribution in [0.25, 0.3) is 0 Å². The molecule has 0 saturated carbocycles.